The molecule has 0 amide bonds. The van der Waals surface area contributed by atoms with Crippen LogP contribution >= 0.6 is 11.6 Å². The van der Waals surface area contributed by atoms with Gasteiger partial charge in [0.15, 0.2) is 11.5 Å². The summed E-state index contributed by atoms with van der Waals surface area (Å²) < 4.78 is 52.2. The van der Waals surface area contributed by atoms with Gasteiger partial charge in [0, 0.05) is 30.7 Å². The minimum atomic E-state index is -4.07. The van der Waals surface area contributed by atoms with Gasteiger partial charge in [-0.3, -0.25) is 4.72 Å². The summed E-state index contributed by atoms with van der Waals surface area (Å²) in [6, 6.07) is 15.0. The van der Waals surface area contributed by atoms with Gasteiger partial charge >= 0.3 is 0 Å². The van der Waals surface area contributed by atoms with Gasteiger partial charge in [-0.2, -0.15) is 0 Å². The van der Waals surface area contributed by atoms with Crippen molar-refractivity contribution >= 4 is 27.3 Å². The SMILES string of the molecule is COc1ccc(-c2cc(OC)c(OC)cc2S(=O)(=O)Nc2ccc(Cl)c(O[C@]3(C)CCNC3)c2)cc1. The zero-order valence-corrected chi connectivity index (χ0v) is 22.1. The van der Waals surface area contributed by atoms with E-state index in [1.165, 1.54) is 20.3 Å². The fourth-order valence-electron chi connectivity index (χ4n) is 4.08. The Kier molecular flexibility index (Phi) is 7.54. The van der Waals surface area contributed by atoms with Crippen LogP contribution in [0, 0.1) is 0 Å². The molecule has 2 N–H and O–H groups in total. The number of sulfonamides is 1. The molecule has 1 fully saturated rings. The van der Waals surface area contributed by atoms with E-state index in [4.69, 9.17) is 30.5 Å². The first-order valence-corrected chi connectivity index (χ1v) is 13.2. The van der Waals surface area contributed by atoms with E-state index in [2.05, 4.69) is 10.0 Å². The first-order chi connectivity index (χ1) is 17.2. The fourth-order valence-corrected chi connectivity index (χ4v) is 5.51. The van der Waals surface area contributed by atoms with E-state index in [1.54, 1.807) is 55.6 Å². The number of methoxy groups -OCH3 is 3. The van der Waals surface area contributed by atoms with E-state index in [0.29, 0.717) is 45.6 Å². The van der Waals surface area contributed by atoms with E-state index in [1.807, 2.05) is 6.92 Å². The third-order valence-electron chi connectivity index (χ3n) is 6.05. The van der Waals surface area contributed by atoms with Crippen LogP contribution in [0.3, 0.4) is 0 Å². The zero-order valence-electron chi connectivity index (χ0n) is 20.6. The summed E-state index contributed by atoms with van der Waals surface area (Å²) in [5.41, 5.74) is 1.00. The van der Waals surface area contributed by atoms with Crippen molar-refractivity contribution in [1.29, 1.82) is 0 Å². The monoisotopic (exact) mass is 532 g/mol. The molecule has 1 atom stereocenters. The average Bonchev–Trinajstić information content (AvgIpc) is 3.30. The number of anilines is 1. The van der Waals surface area contributed by atoms with Crippen molar-refractivity contribution in [2.45, 2.75) is 23.8 Å². The van der Waals surface area contributed by atoms with Gasteiger partial charge in [0.1, 0.15) is 17.1 Å². The van der Waals surface area contributed by atoms with Crippen LogP contribution in [0.1, 0.15) is 13.3 Å². The van der Waals surface area contributed by atoms with Crippen molar-refractivity contribution in [3.05, 3.63) is 59.6 Å². The van der Waals surface area contributed by atoms with E-state index < -0.39 is 15.6 Å². The third kappa shape index (κ3) is 5.48. The molecule has 3 aromatic rings. The molecule has 1 saturated heterocycles. The van der Waals surface area contributed by atoms with Gasteiger partial charge in [-0.15, -0.1) is 0 Å². The maximum Gasteiger partial charge on any atom is 0.262 e. The Bertz CT molecular complexity index is 1340. The van der Waals surface area contributed by atoms with Crippen molar-refractivity contribution in [1.82, 2.24) is 5.32 Å². The van der Waals surface area contributed by atoms with Crippen LogP contribution < -0.4 is 29.0 Å². The molecule has 0 spiro atoms. The Hall–Kier alpha value is -3.14. The smallest absolute Gasteiger partial charge is 0.262 e. The molecule has 0 saturated carbocycles. The van der Waals surface area contributed by atoms with Crippen LogP contribution in [-0.4, -0.2) is 48.4 Å². The molecule has 1 aliphatic rings. The first kappa shape index (κ1) is 25.9. The standard InChI is InChI=1S/C26H29ClN2O6S/c1-26(11-12-28-16-26)35-22-13-18(7-10-21(22)27)29-36(30,31)25-15-24(34-4)23(33-3)14-20(25)17-5-8-19(32-2)9-6-17/h5-10,13-15,28-29H,11-12,16H2,1-4H3/t26-/m1/s1. The minimum Gasteiger partial charge on any atom is -0.497 e. The molecule has 4 rings (SSSR count). The number of halogens is 1. The van der Waals surface area contributed by atoms with Crippen LogP contribution in [0.2, 0.25) is 5.02 Å². The molecule has 8 nitrogen and oxygen atoms in total. The summed E-state index contributed by atoms with van der Waals surface area (Å²) in [6.07, 6.45) is 0.816. The van der Waals surface area contributed by atoms with Gasteiger partial charge in [-0.05, 0) is 49.4 Å². The molecular formula is C26H29ClN2O6S. The van der Waals surface area contributed by atoms with Gasteiger partial charge in [0.2, 0.25) is 0 Å². The lowest BCUT2D eigenvalue weighted by Gasteiger charge is -2.26. The Morgan fingerprint density at radius 3 is 2.22 bits per heavy atom. The molecular weight excluding hydrogens is 504 g/mol. The fraction of sp³-hybridized carbons (Fsp3) is 0.308. The highest BCUT2D eigenvalue weighted by molar-refractivity contribution is 7.92. The van der Waals surface area contributed by atoms with Gasteiger partial charge < -0.3 is 24.3 Å². The number of benzene rings is 3. The zero-order chi connectivity index (χ0) is 25.9. The summed E-state index contributed by atoms with van der Waals surface area (Å²) >= 11 is 6.36. The average molecular weight is 533 g/mol. The molecule has 36 heavy (non-hydrogen) atoms. The Morgan fingerprint density at radius 2 is 1.61 bits per heavy atom. The predicted molar refractivity (Wildman–Crippen MR) is 140 cm³/mol. The van der Waals surface area contributed by atoms with Crippen LogP contribution in [0.4, 0.5) is 5.69 Å². The van der Waals surface area contributed by atoms with Crippen molar-refractivity contribution in [3.8, 4) is 34.1 Å². The molecule has 0 aliphatic carbocycles. The summed E-state index contributed by atoms with van der Waals surface area (Å²) in [5.74, 6) is 1.76. The molecule has 10 heteroatoms. The molecule has 3 aromatic carbocycles. The normalized spacial score (nSPS) is 17.5. The number of hydrogen-bond acceptors (Lipinski definition) is 7. The first-order valence-electron chi connectivity index (χ1n) is 11.3. The quantitative estimate of drug-likeness (QED) is 0.402. The number of hydrogen-bond donors (Lipinski definition) is 2. The van der Waals surface area contributed by atoms with E-state index in [-0.39, 0.29) is 10.6 Å². The van der Waals surface area contributed by atoms with Crippen LogP contribution in [-0.2, 0) is 10.0 Å². The van der Waals surface area contributed by atoms with Crippen molar-refractivity contribution in [2.24, 2.45) is 0 Å². The minimum absolute atomic E-state index is 0.0229. The van der Waals surface area contributed by atoms with Gasteiger partial charge in [-0.25, -0.2) is 8.42 Å². The number of ether oxygens (including phenoxy) is 4. The highest BCUT2D eigenvalue weighted by Gasteiger charge is 2.31. The van der Waals surface area contributed by atoms with Crippen LogP contribution in [0.25, 0.3) is 11.1 Å². The summed E-state index contributed by atoms with van der Waals surface area (Å²) in [4.78, 5) is 0.0229. The Morgan fingerprint density at radius 1 is 0.917 bits per heavy atom. The molecule has 192 valence electrons. The van der Waals surface area contributed by atoms with Crippen LogP contribution in [0.15, 0.2) is 59.5 Å². The summed E-state index contributed by atoms with van der Waals surface area (Å²) in [5, 5.41) is 3.67. The maximum atomic E-state index is 13.7. The highest BCUT2D eigenvalue weighted by Crippen LogP contribution is 2.40. The lowest BCUT2D eigenvalue weighted by Crippen LogP contribution is -2.34. The molecule has 0 unspecified atom stereocenters. The largest absolute Gasteiger partial charge is 0.497 e. The molecule has 0 bridgehead atoms. The Labute approximate surface area is 216 Å². The highest BCUT2D eigenvalue weighted by atomic mass is 35.5. The van der Waals surface area contributed by atoms with E-state index in [0.717, 1.165) is 13.0 Å². The molecule has 1 heterocycles. The third-order valence-corrected chi connectivity index (χ3v) is 7.78. The molecule has 0 aromatic heterocycles. The summed E-state index contributed by atoms with van der Waals surface area (Å²) in [7, 11) is 0.455. The Balaban J connectivity index is 1.74. The maximum absolute atomic E-state index is 13.7. The second kappa shape index (κ2) is 10.5. The van der Waals surface area contributed by atoms with E-state index >= 15 is 0 Å². The predicted octanol–water partition coefficient (Wildman–Crippen LogP) is 4.96. The topological polar surface area (TPSA) is 95.1 Å². The van der Waals surface area contributed by atoms with Gasteiger partial charge in [0.05, 0.1) is 36.9 Å². The molecule has 1 aliphatic heterocycles. The lowest BCUT2D eigenvalue weighted by molar-refractivity contribution is 0.111. The van der Waals surface area contributed by atoms with Crippen LogP contribution in [0.5, 0.6) is 23.0 Å². The summed E-state index contributed by atoms with van der Waals surface area (Å²) in [6.45, 7) is 3.51. The molecule has 0 radical (unpaired) electrons. The number of rotatable bonds is 9. The number of nitrogens with one attached hydrogen (secondary N) is 2. The van der Waals surface area contributed by atoms with Crippen molar-refractivity contribution in [2.75, 3.05) is 39.1 Å². The lowest BCUT2D eigenvalue weighted by atomic mass is 10.0. The van der Waals surface area contributed by atoms with Gasteiger partial charge in [-0.1, -0.05) is 23.7 Å². The second-order valence-electron chi connectivity index (χ2n) is 8.66. The van der Waals surface area contributed by atoms with Gasteiger partial charge in [0.25, 0.3) is 10.0 Å². The second-order valence-corrected chi connectivity index (χ2v) is 10.7. The van der Waals surface area contributed by atoms with E-state index in [9.17, 15) is 8.42 Å². The van der Waals surface area contributed by atoms with Crippen molar-refractivity contribution in [3.63, 3.8) is 0 Å². The van der Waals surface area contributed by atoms with Crippen molar-refractivity contribution < 1.29 is 27.4 Å².